The van der Waals surface area contributed by atoms with Crippen LogP contribution in [0.2, 0.25) is 0 Å². The molecule has 134 valence electrons. The summed E-state index contributed by atoms with van der Waals surface area (Å²) in [6.45, 7) is 6.96. The van der Waals surface area contributed by atoms with Crippen LogP contribution in [-0.2, 0) is 17.8 Å². The van der Waals surface area contributed by atoms with E-state index in [4.69, 9.17) is 4.74 Å². The molecule has 0 saturated carbocycles. The molecule has 2 aliphatic rings. The van der Waals surface area contributed by atoms with Crippen LogP contribution in [0, 0.1) is 0 Å². The van der Waals surface area contributed by atoms with Crippen LogP contribution in [0.25, 0.3) is 0 Å². The molecule has 2 aromatic rings. The van der Waals surface area contributed by atoms with Gasteiger partial charge in [-0.2, -0.15) is 5.10 Å². The summed E-state index contributed by atoms with van der Waals surface area (Å²) >= 11 is 0. The van der Waals surface area contributed by atoms with Crippen molar-refractivity contribution in [2.75, 3.05) is 19.7 Å². The van der Waals surface area contributed by atoms with Gasteiger partial charge in [-0.15, -0.1) is 0 Å². The Morgan fingerprint density at radius 1 is 1.44 bits per heavy atom. The minimum atomic E-state index is 0.00959. The number of imidazole rings is 1. The second-order valence-corrected chi connectivity index (χ2v) is 7.21. The zero-order chi connectivity index (χ0) is 17.4. The van der Waals surface area contributed by atoms with Gasteiger partial charge in [0.05, 0.1) is 13.2 Å². The smallest absolute Gasteiger partial charge is 0.274 e. The maximum Gasteiger partial charge on any atom is 0.274 e. The first-order valence-corrected chi connectivity index (χ1v) is 9.11. The van der Waals surface area contributed by atoms with Crippen LogP contribution in [0.1, 0.15) is 66.2 Å². The summed E-state index contributed by atoms with van der Waals surface area (Å²) in [5.74, 6) is 1.37. The second-order valence-electron chi connectivity index (χ2n) is 7.21. The van der Waals surface area contributed by atoms with Crippen molar-refractivity contribution in [1.29, 1.82) is 0 Å². The molecule has 2 aliphatic heterocycles. The molecule has 1 N–H and O–H groups in total. The Morgan fingerprint density at radius 3 is 3.16 bits per heavy atom. The van der Waals surface area contributed by atoms with Gasteiger partial charge in [-0.05, 0) is 26.7 Å². The van der Waals surface area contributed by atoms with E-state index in [1.54, 1.807) is 0 Å². The van der Waals surface area contributed by atoms with E-state index < -0.39 is 0 Å². The molecule has 0 spiro atoms. The number of fused-ring (bicyclic) bond motifs is 1. The number of ether oxygens (including phenoxy) is 1. The second kappa shape index (κ2) is 6.63. The third kappa shape index (κ3) is 2.97. The molecule has 2 aromatic heterocycles. The molecule has 0 aliphatic carbocycles. The van der Waals surface area contributed by atoms with Crippen molar-refractivity contribution in [3.8, 4) is 0 Å². The van der Waals surface area contributed by atoms with E-state index in [1.165, 1.54) is 0 Å². The molecule has 25 heavy (non-hydrogen) atoms. The summed E-state index contributed by atoms with van der Waals surface area (Å²) in [5.41, 5.74) is 2.50. The molecular weight excluding hydrogens is 318 g/mol. The van der Waals surface area contributed by atoms with Crippen LogP contribution in [0.15, 0.2) is 12.4 Å². The van der Waals surface area contributed by atoms with Crippen LogP contribution in [-0.4, -0.2) is 50.3 Å². The molecule has 0 bridgehead atoms. The molecular formula is C18H25N5O2. The highest BCUT2D eigenvalue weighted by Crippen LogP contribution is 2.29. The molecule has 0 radical (unpaired) electrons. The van der Waals surface area contributed by atoms with Crippen LogP contribution < -0.4 is 0 Å². The summed E-state index contributed by atoms with van der Waals surface area (Å²) < 4.78 is 7.72. The van der Waals surface area contributed by atoms with E-state index in [0.717, 1.165) is 42.9 Å². The van der Waals surface area contributed by atoms with Crippen LogP contribution in [0.4, 0.5) is 0 Å². The highest BCUT2D eigenvalue weighted by molar-refractivity contribution is 5.94. The first kappa shape index (κ1) is 16.3. The van der Waals surface area contributed by atoms with Gasteiger partial charge in [0.1, 0.15) is 5.82 Å². The fourth-order valence-electron chi connectivity index (χ4n) is 3.89. The number of hydrogen-bond acceptors (Lipinski definition) is 4. The highest BCUT2D eigenvalue weighted by atomic mass is 16.5. The fourth-order valence-corrected chi connectivity index (χ4v) is 3.89. The highest BCUT2D eigenvalue weighted by Gasteiger charge is 2.31. The Kier molecular flexibility index (Phi) is 4.33. The van der Waals surface area contributed by atoms with Gasteiger partial charge in [-0.25, -0.2) is 4.98 Å². The minimum absolute atomic E-state index is 0.00959. The Bertz CT molecular complexity index is 763. The Hall–Kier alpha value is -2.15. The minimum Gasteiger partial charge on any atom is -0.376 e. The van der Waals surface area contributed by atoms with Crippen molar-refractivity contribution >= 4 is 5.91 Å². The predicted molar refractivity (Wildman–Crippen MR) is 92.4 cm³/mol. The average molecular weight is 343 g/mol. The number of piperidine rings is 1. The van der Waals surface area contributed by atoms with E-state index in [0.29, 0.717) is 31.5 Å². The summed E-state index contributed by atoms with van der Waals surface area (Å²) in [6.07, 6.45) is 6.74. The van der Waals surface area contributed by atoms with Crippen LogP contribution in [0.5, 0.6) is 0 Å². The van der Waals surface area contributed by atoms with E-state index in [-0.39, 0.29) is 11.8 Å². The number of H-pyrrole nitrogens is 1. The lowest BCUT2D eigenvalue weighted by atomic mass is 9.96. The lowest BCUT2D eigenvalue weighted by molar-refractivity contribution is 0.0685. The van der Waals surface area contributed by atoms with Gasteiger partial charge in [0.15, 0.2) is 5.69 Å². The van der Waals surface area contributed by atoms with Gasteiger partial charge < -0.3 is 14.2 Å². The number of carbonyl (C=O) groups is 1. The number of rotatable bonds is 3. The standard InChI is InChI=1S/C18H25N5O2/c1-12(2)23-8-6-19-17(23)13-4-3-7-22(10-13)18(24)16-14-11-25-9-5-15(14)20-21-16/h6,8,12-13H,3-5,7,9-11H2,1-2H3,(H,20,21)/t13-/m0/s1. The predicted octanol–water partition coefficient (Wildman–Crippen LogP) is 2.28. The molecule has 4 rings (SSSR count). The molecule has 1 fully saturated rings. The average Bonchev–Trinajstić information content (AvgIpc) is 3.28. The first-order chi connectivity index (χ1) is 12.1. The third-order valence-electron chi connectivity index (χ3n) is 5.23. The van der Waals surface area contributed by atoms with Crippen molar-refractivity contribution in [3.05, 3.63) is 35.2 Å². The van der Waals surface area contributed by atoms with Crippen LogP contribution >= 0.6 is 0 Å². The molecule has 0 aromatic carbocycles. The fraction of sp³-hybridized carbons (Fsp3) is 0.611. The number of carbonyl (C=O) groups excluding carboxylic acids is 1. The summed E-state index contributed by atoms with van der Waals surface area (Å²) in [5, 5.41) is 7.30. The number of aromatic nitrogens is 4. The molecule has 1 amide bonds. The summed E-state index contributed by atoms with van der Waals surface area (Å²) in [6, 6.07) is 0.374. The lowest BCUT2D eigenvalue weighted by Crippen LogP contribution is -2.40. The summed E-state index contributed by atoms with van der Waals surface area (Å²) in [7, 11) is 0. The monoisotopic (exact) mass is 343 g/mol. The van der Waals surface area contributed by atoms with Crippen molar-refractivity contribution in [1.82, 2.24) is 24.6 Å². The Morgan fingerprint density at radius 2 is 2.32 bits per heavy atom. The van der Waals surface area contributed by atoms with Crippen molar-refractivity contribution < 1.29 is 9.53 Å². The first-order valence-electron chi connectivity index (χ1n) is 9.11. The topological polar surface area (TPSA) is 76.0 Å². The van der Waals surface area contributed by atoms with Crippen molar-refractivity contribution in [3.63, 3.8) is 0 Å². The number of nitrogens with one attached hydrogen (secondary N) is 1. The zero-order valence-corrected chi connectivity index (χ0v) is 14.9. The number of amides is 1. The van der Waals surface area contributed by atoms with Crippen LogP contribution in [0.3, 0.4) is 0 Å². The van der Waals surface area contributed by atoms with Gasteiger partial charge in [-0.3, -0.25) is 9.89 Å². The number of aromatic amines is 1. The third-order valence-corrected chi connectivity index (χ3v) is 5.23. The molecule has 4 heterocycles. The van der Waals surface area contributed by atoms with E-state index >= 15 is 0 Å². The Balaban J connectivity index is 1.54. The van der Waals surface area contributed by atoms with Gasteiger partial charge in [-0.1, -0.05) is 0 Å². The maximum atomic E-state index is 13.0. The van der Waals surface area contributed by atoms with E-state index in [1.807, 2.05) is 17.3 Å². The number of nitrogens with zero attached hydrogens (tertiary/aromatic N) is 4. The van der Waals surface area contributed by atoms with E-state index in [9.17, 15) is 4.79 Å². The largest absolute Gasteiger partial charge is 0.376 e. The Labute approximate surface area is 147 Å². The zero-order valence-electron chi connectivity index (χ0n) is 14.9. The number of likely N-dealkylation sites (tertiary alicyclic amines) is 1. The molecule has 1 saturated heterocycles. The molecule has 0 unspecified atom stereocenters. The molecule has 1 atom stereocenters. The van der Waals surface area contributed by atoms with E-state index in [2.05, 4.69) is 33.6 Å². The van der Waals surface area contributed by atoms with Gasteiger partial charge in [0.25, 0.3) is 5.91 Å². The van der Waals surface area contributed by atoms with Gasteiger partial charge >= 0.3 is 0 Å². The molecule has 7 heteroatoms. The van der Waals surface area contributed by atoms with Gasteiger partial charge in [0.2, 0.25) is 0 Å². The van der Waals surface area contributed by atoms with Crippen molar-refractivity contribution in [2.24, 2.45) is 0 Å². The van der Waals surface area contributed by atoms with Gasteiger partial charge in [0, 0.05) is 55.1 Å². The number of hydrogen-bond donors (Lipinski definition) is 1. The maximum absolute atomic E-state index is 13.0. The normalized spacial score (nSPS) is 20.8. The lowest BCUT2D eigenvalue weighted by Gasteiger charge is -2.33. The quantitative estimate of drug-likeness (QED) is 0.928. The SMILES string of the molecule is CC(C)n1ccnc1[C@H]1CCCN(C(=O)c2n[nH]c3c2COCC3)C1. The van der Waals surface area contributed by atoms with Crippen molar-refractivity contribution in [2.45, 2.75) is 51.7 Å². The molecule has 7 nitrogen and oxygen atoms in total. The summed E-state index contributed by atoms with van der Waals surface area (Å²) in [4.78, 5) is 19.5.